The molecule has 2 aromatic rings. The van der Waals surface area contributed by atoms with Gasteiger partial charge in [-0.25, -0.2) is 4.98 Å². The topological polar surface area (TPSA) is 66.6 Å². The second-order valence-corrected chi connectivity index (χ2v) is 5.16. The summed E-state index contributed by atoms with van der Waals surface area (Å²) >= 11 is 1.59. The summed E-state index contributed by atoms with van der Waals surface area (Å²) in [7, 11) is 4.80. The van der Waals surface area contributed by atoms with Gasteiger partial charge < -0.3 is 19.9 Å². The van der Waals surface area contributed by atoms with Gasteiger partial charge in [-0.2, -0.15) is 0 Å². The first-order valence-electron chi connectivity index (χ1n) is 6.13. The molecule has 1 aromatic carbocycles. The fourth-order valence-electron chi connectivity index (χ4n) is 1.99. The quantitative estimate of drug-likeness (QED) is 0.886. The lowest BCUT2D eigenvalue weighted by Gasteiger charge is -2.18. The first-order chi connectivity index (χ1) is 9.69. The third-order valence-electron chi connectivity index (χ3n) is 3.01. The SMILES string of the molecule is COc1cc(OC)c(C(N)Cc2nccs2)cc1OC. The van der Waals surface area contributed by atoms with Crippen molar-refractivity contribution in [2.75, 3.05) is 21.3 Å². The molecular formula is C14H18N2O3S. The van der Waals surface area contributed by atoms with Crippen molar-refractivity contribution in [3.05, 3.63) is 34.3 Å². The molecule has 2 rings (SSSR count). The highest BCUT2D eigenvalue weighted by Gasteiger charge is 2.18. The predicted molar refractivity (Wildman–Crippen MR) is 78.8 cm³/mol. The average Bonchev–Trinajstić information content (AvgIpc) is 2.98. The van der Waals surface area contributed by atoms with Crippen LogP contribution in [0.1, 0.15) is 16.6 Å². The van der Waals surface area contributed by atoms with Crippen LogP contribution in [-0.2, 0) is 6.42 Å². The summed E-state index contributed by atoms with van der Waals surface area (Å²) in [6, 6.07) is 3.43. The number of nitrogens with zero attached hydrogens (tertiary/aromatic N) is 1. The van der Waals surface area contributed by atoms with Crippen molar-refractivity contribution in [1.82, 2.24) is 4.98 Å². The summed E-state index contributed by atoms with van der Waals surface area (Å²) in [6.07, 6.45) is 2.43. The van der Waals surface area contributed by atoms with Crippen LogP contribution in [0, 0.1) is 0 Å². The van der Waals surface area contributed by atoms with Gasteiger partial charge in [0.15, 0.2) is 11.5 Å². The number of nitrogens with two attached hydrogens (primary N) is 1. The Kier molecular flexibility index (Phi) is 4.81. The monoisotopic (exact) mass is 294 g/mol. The molecule has 0 amide bonds. The minimum atomic E-state index is -0.212. The van der Waals surface area contributed by atoms with E-state index in [0.717, 1.165) is 10.6 Å². The number of ether oxygens (including phenoxy) is 3. The molecule has 1 unspecified atom stereocenters. The van der Waals surface area contributed by atoms with Crippen LogP contribution in [-0.4, -0.2) is 26.3 Å². The molecule has 1 atom stereocenters. The highest BCUT2D eigenvalue weighted by molar-refractivity contribution is 7.09. The molecule has 0 aliphatic heterocycles. The van der Waals surface area contributed by atoms with Crippen molar-refractivity contribution in [2.45, 2.75) is 12.5 Å². The van der Waals surface area contributed by atoms with Crippen molar-refractivity contribution < 1.29 is 14.2 Å². The van der Waals surface area contributed by atoms with Crippen LogP contribution in [0.3, 0.4) is 0 Å². The van der Waals surface area contributed by atoms with Gasteiger partial charge in [-0.1, -0.05) is 0 Å². The van der Waals surface area contributed by atoms with Crippen LogP contribution >= 0.6 is 11.3 Å². The second-order valence-electron chi connectivity index (χ2n) is 4.19. The lowest BCUT2D eigenvalue weighted by molar-refractivity contribution is 0.346. The minimum absolute atomic E-state index is 0.212. The van der Waals surface area contributed by atoms with Crippen LogP contribution < -0.4 is 19.9 Å². The van der Waals surface area contributed by atoms with Crippen molar-refractivity contribution in [1.29, 1.82) is 0 Å². The normalized spacial score (nSPS) is 12.0. The van der Waals surface area contributed by atoms with Crippen LogP contribution in [0.15, 0.2) is 23.7 Å². The maximum absolute atomic E-state index is 6.27. The molecule has 0 saturated heterocycles. The molecule has 1 aromatic heterocycles. The van der Waals surface area contributed by atoms with Gasteiger partial charge in [0, 0.05) is 35.7 Å². The van der Waals surface area contributed by atoms with E-state index in [9.17, 15) is 0 Å². The largest absolute Gasteiger partial charge is 0.496 e. The smallest absolute Gasteiger partial charge is 0.164 e. The lowest BCUT2D eigenvalue weighted by atomic mass is 10.0. The minimum Gasteiger partial charge on any atom is -0.496 e. The van der Waals surface area contributed by atoms with Crippen molar-refractivity contribution in [3.8, 4) is 17.2 Å². The Morgan fingerprint density at radius 3 is 2.30 bits per heavy atom. The zero-order valence-corrected chi connectivity index (χ0v) is 12.6. The van der Waals surface area contributed by atoms with Crippen molar-refractivity contribution in [3.63, 3.8) is 0 Å². The summed E-state index contributed by atoms with van der Waals surface area (Å²) in [5.74, 6) is 1.94. The number of thiazole rings is 1. The Bertz CT molecular complexity index is 558. The summed E-state index contributed by atoms with van der Waals surface area (Å²) in [4.78, 5) is 4.26. The first-order valence-corrected chi connectivity index (χ1v) is 7.01. The molecule has 1 heterocycles. The molecule has 0 bridgehead atoms. The van der Waals surface area contributed by atoms with E-state index in [1.165, 1.54) is 0 Å². The van der Waals surface area contributed by atoms with Crippen LogP contribution in [0.4, 0.5) is 0 Å². The fourth-order valence-corrected chi connectivity index (χ4v) is 2.67. The summed E-state index contributed by atoms with van der Waals surface area (Å²) in [5.41, 5.74) is 7.14. The number of hydrogen-bond acceptors (Lipinski definition) is 6. The van der Waals surface area contributed by atoms with Gasteiger partial charge >= 0.3 is 0 Å². The first kappa shape index (κ1) is 14.6. The zero-order chi connectivity index (χ0) is 14.5. The molecule has 0 fully saturated rings. The Balaban J connectivity index is 2.33. The fraction of sp³-hybridized carbons (Fsp3) is 0.357. The van der Waals surface area contributed by atoms with Crippen LogP contribution in [0.25, 0.3) is 0 Å². The second kappa shape index (κ2) is 6.58. The Morgan fingerprint density at radius 2 is 1.75 bits per heavy atom. The molecular weight excluding hydrogens is 276 g/mol. The molecule has 108 valence electrons. The van der Waals surface area contributed by atoms with E-state index < -0.39 is 0 Å². The molecule has 0 aliphatic carbocycles. The number of rotatable bonds is 6. The molecule has 2 N–H and O–H groups in total. The molecule has 0 saturated carbocycles. The Morgan fingerprint density at radius 1 is 1.10 bits per heavy atom. The summed E-state index contributed by atoms with van der Waals surface area (Å²) < 4.78 is 16.0. The van der Waals surface area contributed by atoms with E-state index in [4.69, 9.17) is 19.9 Å². The van der Waals surface area contributed by atoms with Crippen molar-refractivity contribution >= 4 is 11.3 Å². The van der Waals surface area contributed by atoms with Gasteiger partial charge in [-0.15, -0.1) is 11.3 Å². The van der Waals surface area contributed by atoms with E-state index in [-0.39, 0.29) is 6.04 Å². The van der Waals surface area contributed by atoms with E-state index in [2.05, 4.69) is 4.98 Å². The third-order valence-corrected chi connectivity index (χ3v) is 3.82. The zero-order valence-electron chi connectivity index (χ0n) is 11.8. The van der Waals surface area contributed by atoms with Gasteiger partial charge in [0.1, 0.15) is 5.75 Å². The molecule has 5 nitrogen and oxygen atoms in total. The standard InChI is InChI=1S/C14H18N2O3S/c1-17-11-8-13(19-3)12(18-2)6-9(11)10(15)7-14-16-4-5-20-14/h4-6,8,10H,7,15H2,1-3H3. The van der Waals surface area contributed by atoms with Gasteiger partial charge in [0.25, 0.3) is 0 Å². The molecule has 0 spiro atoms. The third kappa shape index (κ3) is 3.02. The summed E-state index contributed by atoms with van der Waals surface area (Å²) in [6.45, 7) is 0. The van der Waals surface area contributed by atoms with Gasteiger partial charge in [-0.05, 0) is 6.07 Å². The van der Waals surface area contributed by atoms with E-state index in [0.29, 0.717) is 23.7 Å². The van der Waals surface area contributed by atoms with Crippen molar-refractivity contribution in [2.24, 2.45) is 5.73 Å². The molecule has 6 heteroatoms. The predicted octanol–water partition coefficient (Wildman–Crippen LogP) is 2.41. The van der Waals surface area contributed by atoms with E-state index in [1.54, 1.807) is 44.9 Å². The van der Waals surface area contributed by atoms with Gasteiger partial charge in [0.2, 0.25) is 0 Å². The molecule has 20 heavy (non-hydrogen) atoms. The number of hydrogen-bond donors (Lipinski definition) is 1. The number of benzene rings is 1. The average molecular weight is 294 g/mol. The Labute approximate surface area is 122 Å². The maximum Gasteiger partial charge on any atom is 0.164 e. The van der Waals surface area contributed by atoms with E-state index in [1.807, 2.05) is 11.4 Å². The summed E-state index contributed by atoms with van der Waals surface area (Å²) in [5, 5.41) is 2.93. The highest BCUT2D eigenvalue weighted by atomic mass is 32.1. The maximum atomic E-state index is 6.27. The van der Waals surface area contributed by atoms with Gasteiger partial charge in [0.05, 0.1) is 26.3 Å². The molecule has 0 aliphatic rings. The highest BCUT2D eigenvalue weighted by Crippen LogP contribution is 2.37. The van der Waals surface area contributed by atoms with Crippen LogP contribution in [0.2, 0.25) is 0 Å². The van der Waals surface area contributed by atoms with Crippen LogP contribution in [0.5, 0.6) is 17.2 Å². The Hall–Kier alpha value is -1.79. The number of methoxy groups -OCH3 is 3. The number of aromatic nitrogens is 1. The van der Waals surface area contributed by atoms with Gasteiger partial charge in [-0.3, -0.25) is 0 Å². The molecule has 0 radical (unpaired) electrons. The lowest BCUT2D eigenvalue weighted by Crippen LogP contribution is -2.14. The van der Waals surface area contributed by atoms with E-state index >= 15 is 0 Å².